The van der Waals surface area contributed by atoms with Crippen molar-refractivity contribution >= 4 is 33.5 Å². The van der Waals surface area contributed by atoms with E-state index in [9.17, 15) is 0 Å². The Kier molecular flexibility index (Phi) is 3.89. The van der Waals surface area contributed by atoms with Crippen molar-refractivity contribution in [3.8, 4) is 10.6 Å². The van der Waals surface area contributed by atoms with Gasteiger partial charge in [0.2, 0.25) is 0 Å². The number of benzene rings is 2. The first-order valence-corrected chi connectivity index (χ1v) is 8.52. The second kappa shape index (κ2) is 6.34. The number of hydrogen-bond acceptors (Lipinski definition) is 4. The van der Waals surface area contributed by atoms with Crippen LogP contribution in [0.2, 0.25) is 0 Å². The lowest BCUT2D eigenvalue weighted by atomic mass is 10.2. The van der Waals surface area contributed by atoms with Crippen molar-refractivity contribution in [3.05, 3.63) is 78.1 Å². The summed E-state index contributed by atoms with van der Waals surface area (Å²) in [4.78, 5) is 13.4. The van der Waals surface area contributed by atoms with Crippen LogP contribution in [-0.2, 0) is 0 Å². The van der Waals surface area contributed by atoms with Gasteiger partial charge in [-0.25, -0.2) is 4.98 Å². The standard InChI is InChI=1S/C20H15N3S/c1-14-5-10-18-19(12-14)24-20(23-18)15-6-8-16(9-7-15)22-13-17-4-2-3-11-21-17/h2-13H,1H3. The van der Waals surface area contributed by atoms with Gasteiger partial charge in [-0.05, 0) is 61.0 Å². The van der Waals surface area contributed by atoms with Crippen LogP contribution < -0.4 is 0 Å². The van der Waals surface area contributed by atoms with Gasteiger partial charge in [0.25, 0.3) is 0 Å². The van der Waals surface area contributed by atoms with Crippen LogP contribution in [-0.4, -0.2) is 16.2 Å². The molecule has 0 fully saturated rings. The molecule has 0 saturated heterocycles. The summed E-state index contributed by atoms with van der Waals surface area (Å²) < 4.78 is 1.22. The first-order valence-electron chi connectivity index (χ1n) is 7.71. The highest BCUT2D eigenvalue weighted by Crippen LogP contribution is 2.31. The highest BCUT2D eigenvalue weighted by molar-refractivity contribution is 7.21. The average Bonchev–Trinajstić information content (AvgIpc) is 3.04. The normalized spacial score (nSPS) is 11.4. The largest absolute Gasteiger partial charge is 0.255 e. The SMILES string of the molecule is Cc1ccc2nc(-c3ccc(N=Cc4ccccn4)cc3)sc2c1. The average molecular weight is 329 g/mol. The number of aryl methyl sites for hydroxylation is 1. The Labute approximate surface area is 144 Å². The van der Waals surface area contributed by atoms with E-state index in [0.29, 0.717) is 0 Å². The van der Waals surface area contributed by atoms with E-state index in [0.717, 1.165) is 27.5 Å². The number of hydrogen-bond donors (Lipinski definition) is 0. The Hall–Kier alpha value is -2.85. The van der Waals surface area contributed by atoms with Crippen molar-refractivity contribution in [1.29, 1.82) is 0 Å². The van der Waals surface area contributed by atoms with Gasteiger partial charge < -0.3 is 0 Å². The van der Waals surface area contributed by atoms with E-state index in [1.165, 1.54) is 10.3 Å². The zero-order valence-electron chi connectivity index (χ0n) is 13.2. The van der Waals surface area contributed by atoms with Crippen LogP contribution in [0.15, 0.2) is 71.9 Å². The van der Waals surface area contributed by atoms with Gasteiger partial charge in [0, 0.05) is 11.8 Å². The third kappa shape index (κ3) is 3.09. The minimum absolute atomic E-state index is 0.850. The van der Waals surface area contributed by atoms with Gasteiger partial charge >= 0.3 is 0 Å². The molecule has 0 spiro atoms. The number of fused-ring (bicyclic) bond motifs is 1. The van der Waals surface area contributed by atoms with Crippen LogP contribution in [0.4, 0.5) is 5.69 Å². The fraction of sp³-hybridized carbons (Fsp3) is 0.0500. The number of nitrogens with zero attached hydrogens (tertiary/aromatic N) is 3. The molecule has 4 heteroatoms. The van der Waals surface area contributed by atoms with Crippen molar-refractivity contribution in [1.82, 2.24) is 9.97 Å². The number of rotatable bonds is 3. The number of aliphatic imine (C=N–C) groups is 1. The minimum Gasteiger partial charge on any atom is -0.255 e. The van der Waals surface area contributed by atoms with Crippen LogP contribution in [0.5, 0.6) is 0 Å². The van der Waals surface area contributed by atoms with Crippen molar-refractivity contribution in [2.75, 3.05) is 0 Å². The van der Waals surface area contributed by atoms with E-state index >= 15 is 0 Å². The van der Waals surface area contributed by atoms with E-state index in [4.69, 9.17) is 4.98 Å². The predicted octanol–water partition coefficient (Wildman–Crippen LogP) is 5.42. The van der Waals surface area contributed by atoms with Crippen molar-refractivity contribution < 1.29 is 0 Å². The molecule has 0 bridgehead atoms. The number of thiazole rings is 1. The summed E-state index contributed by atoms with van der Waals surface area (Å²) in [7, 11) is 0. The van der Waals surface area contributed by atoms with E-state index in [1.807, 2.05) is 30.3 Å². The summed E-state index contributed by atoms with van der Waals surface area (Å²) in [6, 6.07) is 20.3. The highest BCUT2D eigenvalue weighted by atomic mass is 32.1. The molecule has 3 nitrogen and oxygen atoms in total. The Morgan fingerprint density at radius 1 is 1.00 bits per heavy atom. The minimum atomic E-state index is 0.850. The van der Waals surface area contributed by atoms with Crippen molar-refractivity contribution in [3.63, 3.8) is 0 Å². The summed E-state index contributed by atoms with van der Waals surface area (Å²) in [6.07, 6.45) is 3.54. The van der Waals surface area contributed by atoms with Gasteiger partial charge in [-0.2, -0.15) is 0 Å². The molecule has 2 aromatic carbocycles. The third-order valence-corrected chi connectivity index (χ3v) is 4.76. The third-order valence-electron chi connectivity index (χ3n) is 3.69. The molecule has 0 aliphatic rings. The Bertz CT molecular complexity index is 1000. The Morgan fingerprint density at radius 2 is 1.88 bits per heavy atom. The van der Waals surface area contributed by atoms with Crippen LogP contribution in [0.1, 0.15) is 11.3 Å². The maximum atomic E-state index is 4.72. The molecular weight excluding hydrogens is 314 g/mol. The molecular formula is C20H15N3S. The molecule has 4 rings (SSSR count). The summed E-state index contributed by atoms with van der Waals surface area (Å²) in [6.45, 7) is 2.10. The lowest BCUT2D eigenvalue weighted by Gasteiger charge is -1.97. The second-order valence-corrected chi connectivity index (χ2v) is 6.58. The Morgan fingerprint density at radius 3 is 2.67 bits per heavy atom. The molecule has 0 N–H and O–H groups in total. The number of pyridine rings is 1. The van der Waals surface area contributed by atoms with Gasteiger partial charge in [-0.15, -0.1) is 11.3 Å². The summed E-state index contributed by atoms with van der Waals surface area (Å²) in [5.74, 6) is 0. The molecule has 2 aromatic heterocycles. The molecule has 0 unspecified atom stereocenters. The maximum Gasteiger partial charge on any atom is 0.124 e. The van der Waals surface area contributed by atoms with Gasteiger partial charge in [-0.3, -0.25) is 9.98 Å². The monoisotopic (exact) mass is 329 g/mol. The second-order valence-electron chi connectivity index (χ2n) is 5.55. The van der Waals surface area contributed by atoms with Gasteiger partial charge in [0.05, 0.1) is 27.8 Å². The summed E-state index contributed by atoms with van der Waals surface area (Å²) >= 11 is 1.72. The van der Waals surface area contributed by atoms with Crippen LogP contribution in [0.25, 0.3) is 20.8 Å². The zero-order chi connectivity index (χ0) is 16.4. The van der Waals surface area contributed by atoms with Gasteiger partial charge in [0.15, 0.2) is 0 Å². The van der Waals surface area contributed by atoms with E-state index in [-0.39, 0.29) is 0 Å². The smallest absolute Gasteiger partial charge is 0.124 e. The van der Waals surface area contributed by atoms with E-state index < -0.39 is 0 Å². The fourth-order valence-electron chi connectivity index (χ4n) is 2.44. The molecule has 24 heavy (non-hydrogen) atoms. The molecule has 0 atom stereocenters. The lowest BCUT2D eigenvalue weighted by Crippen LogP contribution is -1.83. The van der Waals surface area contributed by atoms with E-state index in [1.54, 1.807) is 23.7 Å². The molecule has 0 aliphatic carbocycles. The molecule has 4 aromatic rings. The van der Waals surface area contributed by atoms with Crippen molar-refractivity contribution in [2.24, 2.45) is 4.99 Å². The maximum absolute atomic E-state index is 4.72. The first-order chi connectivity index (χ1) is 11.8. The van der Waals surface area contributed by atoms with Crippen LogP contribution in [0.3, 0.4) is 0 Å². The summed E-state index contributed by atoms with van der Waals surface area (Å²) in [5, 5.41) is 1.04. The molecule has 0 aliphatic heterocycles. The molecule has 0 amide bonds. The number of aromatic nitrogens is 2. The predicted molar refractivity (Wildman–Crippen MR) is 101 cm³/mol. The molecule has 2 heterocycles. The quantitative estimate of drug-likeness (QED) is 0.471. The topological polar surface area (TPSA) is 38.1 Å². The first kappa shape index (κ1) is 14.7. The van der Waals surface area contributed by atoms with Crippen molar-refractivity contribution in [2.45, 2.75) is 6.92 Å². The van der Waals surface area contributed by atoms with Crippen LogP contribution in [0, 0.1) is 6.92 Å². The van der Waals surface area contributed by atoms with Crippen LogP contribution >= 0.6 is 11.3 Å². The molecule has 116 valence electrons. The highest BCUT2D eigenvalue weighted by Gasteiger charge is 2.06. The summed E-state index contributed by atoms with van der Waals surface area (Å²) in [5.41, 5.74) is 5.19. The molecule has 0 saturated carbocycles. The Balaban J connectivity index is 1.59. The lowest BCUT2D eigenvalue weighted by molar-refractivity contribution is 1.30. The van der Waals surface area contributed by atoms with E-state index in [2.05, 4.69) is 47.2 Å². The zero-order valence-corrected chi connectivity index (χ0v) is 14.0. The van der Waals surface area contributed by atoms with Gasteiger partial charge in [0.1, 0.15) is 5.01 Å². The fourth-order valence-corrected chi connectivity index (χ4v) is 3.51. The van der Waals surface area contributed by atoms with Gasteiger partial charge in [-0.1, -0.05) is 12.1 Å². The molecule has 0 radical (unpaired) electrons.